The number of primary amides is 1. The summed E-state index contributed by atoms with van der Waals surface area (Å²) < 4.78 is 5.33. The highest BCUT2D eigenvalue weighted by molar-refractivity contribution is 5.99. The van der Waals surface area contributed by atoms with E-state index in [1.807, 2.05) is 6.92 Å². The van der Waals surface area contributed by atoms with Gasteiger partial charge < -0.3 is 15.5 Å². The molecule has 0 spiro atoms. The van der Waals surface area contributed by atoms with E-state index >= 15 is 0 Å². The number of aromatic nitrogens is 3. The van der Waals surface area contributed by atoms with Gasteiger partial charge in [0.15, 0.2) is 0 Å². The number of nitrogens with two attached hydrogens (primary N) is 1. The standard InChI is InChI=1S/C13H17N5O2/c1-8-15-6-9-10(7-18-2-4-20-5-3-18)11(12(14)19)17-13(9)16-8/h6H,2-5,7H2,1H3,(H2,14,19)(H,15,16,17). The second-order valence-corrected chi connectivity index (χ2v) is 4.91. The molecule has 7 heteroatoms. The SMILES string of the molecule is Cc1ncc2c(CN3CCOCC3)c(C(N)=O)[nH]c2n1. The van der Waals surface area contributed by atoms with E-state index in [-0.39, 0.29) is 0 Å². The fourth-order valence-electron chi connectivity index (χ4n) is 2.47. The van der Waals surface area contributed by atoms with Gasteiger partial charge in [-0.25, -0.2) is 9.97 Å². The first-order valence-corrected chi connectivity index (χ1v) is 6.59. The topological polar surface area (TPSA) is 97.1 Å². The first kappa shape index (κ1) is 13.0. The van der Waals surface area contributed by atoms with Crippen molar-refractivity contribution < 1.29 is 9.53 Å². The summed E-state index contributed by atoms with van der Waals surface area (Å²) in [7, 11) is 0. The Bertz CT molecular complexity index is 645. The molecule has 0 bridgehead atoms. The summed E-state index contributed by atoms with van der Waals surface area (Å²) in [6.45, 7) is 5.57. The van der Waals surface area contributed by atoms with Gasteiger partial charge in [0.2, 0.25) is 0 Å². The molecule has 0 unspecified atom stereocenters. The van der Waals surface area contributed by atoms with Gasteiger partial charge in [0.1, 0.15) is 17.2 Å². The molecule has 20 heavy (non-hydrogen) atoms. The van der Waals surface area contributed by atoms with Crippen LogP contribution in [0.4, 0.5) is 0 Å². The minimum atomic E-state index is -0.469. The van der Waals surface area contributed by atoms with Crippen molar-refractivity contribution in [2.24, 2.45) is 5.73 Å². The maximum Gasteiger partial charge on any atom is 0.265 e. The van der Waals surface area contributed by atoms with Crippen molar-refractivity contribution in [3.8, 4) is 0 Å². The summed E-state index contributed by atoms with van der Waals surface area (Å²) in [6, 6.07) is 0. The number of carbonyl (C=O) groups is 1. The summed E-state index contributed by atoms with van der Waals surface area (Å²) in [4.78, 5) is 25.4. The number of hydrogen-bond donors (Lipinski definition) is 2. The fourth-order valence-corrected chi connectivity index (χ4v) is 2.47. The molecule has 3 rings (SSSR count). The third kappa shape index (κ3) is 2.37. The molecular weight excluding hydrogens is 258 g/mol. The molecule has 0 aliphatic carbocycles. The second-order valence-electron chi connectivity index (χ2n) is 4.91. The van der Waals surface area contributed by atoms with Gasteiger partial charge >= 0.3 is 0 Å². The molecule has 0 atom stereocenters. The van der Waals surface area contributed by atoms with Crippen LogP contribution >= 0.6 is 0 Å². The third-order valence-corrected chi connectivity index (χ3v) is 3.51. The lowest BCUT2D eigenvalue weighted by atomic mass is 10.1. The summed E-state index contributed by atoms with van der Waals surface area (Å²) in [5.74, 6) is 0.191. The van der Waals surface area contributed by atoms with Crippen LogP contribution in [0.25, 0.3) is 11.0 Å². The molecule has 3 heterocycles. The van der Waals surface area contributed by atoms with Gasteiger partial charge in [-0.05, 0) is 6.92 Å². The Kier molecular flexibility index (Phi) is 3.37. The van der Waals surface area contributed by atoms with E-state index in [0.717, 1.165) is 24.0 Å². The zero-order valence-electron chi connectivity index (χ0n) is 11.3. The number of rotatable bonds is 3. The molecule has 2 aromatic rings. The van der Waals surface area contributed by atoms with Crippen molar-refractivity contribution in [1.82, 2.24) is 19.9 Å². The van der Waals surface area contributed by atoms with Crippen molar-refractivity contribution in [2.75, 3.05) is 26.3 Å². The molecule has 0 radical (unpaired) electrons. The number of morpholine rings is 1. The maximum atomic E-state index is 11.6. The molecule has 1 aliphatic heterocycles. The normalized spacial score (nSPS) is 16.6. The number of aryl methyl sites for hydroxylation is 1. The fraction of sp³-hybridized carbons (Fsp3) is 0.462. The van der Waals surface area contributed by atoms with E-state index in [0.29, 0.717) is 36.9 Å². The number of hydrogen-bond acceptors (Lipinski definition) is 5. The van der Waals surface area contributed by atoms with Crippen molar-refractivity contribution in [2.45, 2.75) is 13.5 Å². The van der Waals surface area contributed by atoms with E-state index in [2.05, 4.69) is 19.9 Å². The van der Waals surface area contributed by atoms with Gasteiger partial charge in [-0.1, -0.05) is 0 Å². The molecule has 0 aromatic carbocycles. The Labute approximate surface area is 116 Å². The summed E-state index contributed by atoms with van der Waals surface area (Å²) in [5.41, 5.74) is 7.41. The van der Waals surface area contributed by atoms with Crippen LogP contribution in [0, 0.1) is 6.92 Å². The number of nitrogens with one attached hydrogen (secondary N) is 1. The number of ether oxygens (including phenoxy) is 1. The molecule has 1 fully saturated rings. The van der Waals surface area contributed by atoms with E-state index in [1.54, 1.807) is 6.20 Å². The summed E-state index contributed by atoms with van der Waals surface area (Å²) in [5, 5.41) is 0.857. The van der Waals surface area contributed by atoms with Crippen LogP contribution in [0.2, 0.25) is 0 Å². The lowest BCUT2D eigenvalue weighted by molar-refractivity contribution is 0.0342. The Balaban J connectivity index is 2.01. The minimum Gasteiger partial charge on any atom is -0.379 e. The smallest absolute Gasteiger partial charge is 0.265 e. The van der Waals surface area contributed by atoms with Gasteiger partial charge in [-0.2, -0.15) is 0 Å². The average molecular weight is 275 g/mol. The first-order chi connectivity index (χ1) is 9.65. The van der Waals surface area contributed by atoms with Crippen molar-refractivity contribution in [3.05, 3.63) is 23.3 Å². The zero-order valence-corrected chi connectivity index (χ0v) is 11.3. The van der Waals surface area contributed by atoms with Gasteiger partial charge in [0.25, 0.3) is 5.91 Å². The Morgan fingerprint density at radius 3 is 2.95 bits per heavy atom. The number of H-pyrrole nitrogens is 1. The van der Waals surface area contributed by atoms with E-state index in [1.165, 1.54) is 0 Å². The highest BCUT2D eigenvalue weighted by Crippen LogP contribution is 2.22. The predicted molar refractivity (Wildman–Crippen MR) is 73.2 cm³/mol. The lowest BCUT2D eigenvalue weighted by Crippen LogP contribution is -2.36. The molecular formula is C13H17N5O2. The molecule has 1 amide bonds. The Morgan fingerprint density at radius 2 is 2.25 bits per heavy atom. The highest BCUT2D eigenvalue weighted by atomic mass is 16.5. The highest BCUT2D eigenvalue weighted by Gasteiger charge is 2.20. The first-order valence-electron chi connectivity index (χ1n) is 6.59. The number of nitrogens with zero attached hydrogens (tertiary/aromatic N) is 3. The van der Waals surface area contributed by atoms with Crippen LogP contribution in [-0.4, -0.2) is 52.1 Å². The van der Waals surface area contributed by atoms with Crippen LogP contribution < -0.4 is 5.73 Å². The molecule has 7 nitrogen and oxygen atoms in total. The number of aromatic amines is 1. The summed E-state index contributed by atoms with van der Waals surface area (Å²) in [6.07, 6.45) is 1.75. The molecule has 106 valence electrons. The molecule has 1 aliphatic rings. The van der Waals surface area contributed by atoms with Crippen LogP contribution in [-0.2, 0) is 11.3 Å². The largest absolute Gasteiger partial charge is 0.379 e. The zero-order chi connectivity index (χ0) is 14.1. The van der Waals surface area contributed by atoms with E-state index < -0.39 is 5.91 Å². The van der Waals surface area contributed by atoms with Crippen LogP contribution in [0.3, 0.4) is 0 Å². The Morgan fingerprint density at radius 1 is 1.50 bits per heavy atom. The molecule has 3 N–H and O–H groups in total. The van der Waals surface area contributed by atoms with E-state index in [9.17, 15) is 4.79 Å². The van der Waals surface area contributed by atoms with Gasteiger partial charge in [-0.3, -0.25) is 9.69 Å². The third-order valence-electron chi connectivity index (χ3n) is 3.51. The average Bonchev–Trinajstić information content (AvgIpc) is 2.78. The van der Waals surface area contributed by atoms with Crippen molar-refractivity contribution in [1.29, 1.82) is 0 Å². The summed E-state index contributed by atoms with van der Waals surface area (Å²) >= 11 is 0. The number of fused-ring (bicyclic) bond motifs is 1. The predicted octanol–water partition coefficient (Wildman–Crippen LogP) is 0.197. The van der Waals surface area contributed by atoms with Crippen LogP contribution in [0.5, 0.6) is 0 Å². The van der Waals surface area contributed by atoms with Crippen molar-refractivity contribution >= 4 is 16.9 Å². The van der Waals surface area contributed by atoms with Crippen molar-refractivity contribution in [3.63, 3.8) is 0 Å². The molecule has 1 saturated heterocycles. The Hall–Kier alpha value is -1.99. The maximum absolute atomic E-state index is 11.6. The minimum absolute atomic E-state index is 0.423. The molecule has 2 aromatic heterocycles. The van der Waals surface area contributed by atoms with Gasteiger partial charge in [0.05, 0.1) is 13.2 Å². The van der Waals surface area contributed by atoms with Gasteiger partial charge in [-0.15, -0.1) is 0 Å². The monoisotopic (exact) mass is 275 g/mol. The number of carbonyl (C=O) groups excluding carboxylic acids is 1. The van der Waals surface area contributed by atoms with Gasteiger partial charge in [0, 0.05) is 36.8 Å². The lowest BCUT2D eigenvalue weighted by Gasteiger charge is -2.26. The van der Waals surface area contributed by atoms with Crippen LogP contribution in [0.1, 0.15) is 21.9 Å². The molecule has 0 saturated carbocycles. The second kappa shape index (κ2) is 5.18. The van der Waals surface area contributed by atoms with E-state index in [4.69, 9.17) is 10.5 Å². The number of amides is 1. The quantitative estimate of drug-likeness (QED) is 0.834. The van der Waals surface area contributed by atoms with Crippen LogP contribution in [0.15, 0.2) is 6.20 Å².